The largest absolute Gasteiger partial charge is 0.500 e. The van der Waals surface area contributed by atoms with Crippen LogP contribution >= 0.6 is 0 Å². The van der Waals surface area contributed by atoms with E-state index in [1.54, 1.807) is 0 Å². The van der Waals surface area contributed by atoms with Crippen LogP contribution < -0.4 is 0 Å². The van der Waals surface area contributed by atoms with Crippen molar-refractivity contribution in [2.75, 3.05) is 14.1 Å². The number of likely N-dealkylation sites (N-methyl/N-ethyl adjacent to an activating group) is 1. The van der Waals surface area contributed by atoms with Crippen molar-refractivity contribution in [2.24, 2.45) is 4.99 Å². The molecule has 0 spiro atoms. The van der Waals surface area contributed by atoms with E-state index in [2.05, 4.69) is 11.6 Å². The summed E-state index contributed by atoms with van der Waals surface area (Å²) in [4.78, 5) is 25.8. The normalized spacial score (nSPS) is 12.2. The SMILES string of the molecule is C=C(/C(O)=C(\N=CC)C(=O)N(C)C)[N+](=O)[O-]. The second-order valence-corrected chi connectivity index (χ2v) is 2.99. The van der Waals surface area contributed by atoms with E-state index in [0.717, 1.165) is 4.90 Å². The van der Waals surface area contributed by atoms with Crippen LogP contribution in [0.5, 0.6) is 0 Å². The highest BCUT2D eigenvalue weighted by Crippen LogP contribution is 2.13. The Kier molecular flexibility index (Phi) is 4.87. The molecular weight excluding hydrogens is 214 g/mol. The van der Waals surface area contributed by atoms with E-state index >= 15 is 0 Å². The molecule has 0 unspecified atom stereocenters. The zero-order chi connectivity index (χ0) is 12.9. The predicted octanol–water partition coefficient (Wildman–Crippen LogP) is 0.725. The lowest BCUT2D eigenvalue weighted by atomic mass is 10.3. The highest BCUT2D eigenvalue weighted by molar-refractivity contribution is 5.95. The maximum Gasteiger partial charge on any atom is 0.306 e. The number of aliphatic hydroxyl groups excluding tert-OH is 1. The number of rotatable bonds is 4. The van der Waals surface area contributed by atoms with Crippen LogP contribution in [0.1, 0.15) is 6.92 Å². The lowest BCUT2D eigenvalue weighted by Gasteiger charge is -2.10. The summed E-state index contributed by atoms with van der Waals surface area (Å²) in [6, 6.07) is 0. The van der Waals surface area contributed by atoms with Gasteiger partial charge >= 0.3 is 5.70 Å². The zero-order valence-electron chi connectivity index (χ0n) is 9.30. The predicted molar refractivity (Wildman–Crippen MR) is 58.6 cm³/mol. The van der Waals surface area contributed by atoms with E-state index in [1.165, 1.54) is 27.2 Å². The van der Waals surface area contributed by atoms with Crippen LogP contribution in [-0.4, -0.2) is 41.1 Å². The Morgan fingerprint density at radius 2 is 2.06 bits per heavy atom. The van der Waals surface area contributed by atoms with Gasteiger partial charge in [0.2, 0.25) is 5.76 Å². The summed E-state index contributed by atoms with van der Waals surface area (Å²) in [6.07, 6.45) is 1.25. The minimum Gasteiger partial charge on any atom is -0.500 e. The second kappa shape index (κ2) is 5.64. The first-order valence-electron chi connectivity index (χ1n) is 4.30. The summed E-state index contributed by atoms with van der Waals surface area (Å²) in [5.41, 5.74) is -1.18. The van der Waals surface area contributed by atoms with Gasteiger partial charge in [0.25, 0.3) is 5.91 Å². The van der Waals surface area contributed by atoms with Gasteiger partial charge in [-0.3, -0.25) is 19.9 Å². The van der Waals surface area contributed by atoms with Crippen molar-refractivity contribution in [3.8, 4) is 0 Å². The molecule has 0 aromatic heterocycles. The van der Waals surface area contributed by atoms with Crippen LogP contribution in [0.4, 0.5) is 0 Å². The van der Waals surface area contributed by atoms with Gasteiger partial charge in [0.05, 0.1) is 4.92 Å². The Balaban J connectivity index is 5.49. The average Bonchev–Trinajstić information content (AvgIpc) is 2.22. The highest BCUT2D eigenvalue weighted by atomic mass is 16.6. The van der Waals surface area contributed by atoms with E-state index in [-0.39, 0.29) is 0 Å². The van der Waals surface area contributed by atoms with Crippen LogP contribution in [0.15, 0.2) is 28.7 Å². The van der Waals surface area contributed by atoms with Gasteiger partial charge in [0, 0.05) is 20.3 Å². The van der Waals surface area contributed by atoms with Gasteiger partial charge in [-0.05, 0) is 13.5 Å². The van der Waals surface area contributed by atoms with E-state index < -0.39 is 28.0 Å². The molecule has 0 aliphatic carbocycles. The number of hydrogen-bond acceptors (Lipinski definition) is 5. The number of nitrogens with zero attached hydrogens (tertiary/aromatic N) is 3. The van der Waals surface area contributed by atoms with Crippen molar-refractivity contribution in [2.45, 2.75) is 6.92 Å². The molecule has 0 aromatic carbocycles. The van der Waals surface area contributed by atoms with Gasteiger partial charge in [-0.2, -0.15) is 0 Å². The van der Waals surface area contributed by atoms with Crippen molar-refractivity contribution < 1.29 is 14.8 Å². The van der Waals surface area contributed by atoms with Crippen molar-refractivity contribution in [3.63, 3.8) is 0 Å². The Bertz CT molecular complexity index is 382. The van der Waals surface area contributed by atoms with E-state index in [0.29, 0.717) is 0 Å². The standard InChI is InChI=1S/C9H13N3O4/c1-5-10-7(9(14)11(3)4)8(13)6(2)12(15)16/h5,13H,2H2,1,3-4H3/b8-7+,10-5?. The molecule has 0 aliphatic rings. The molecule has 0 saturated carbocycles. The van der Waals surface area contributed by atoms with E-state index in [4.69, 9.17) is 0 Å². The first kappa shape index (κ1) is 13.8. The van der Waals surface area contributed by atoms with Gasteiger partial charge in [-0.25, -0.2) is 0 Å². The third kappa shape index (κ3) is 3.19. The van der Waals surface area contributed by atoms with E-state index in [9.17, 15) is 20.0 Å². The first-order valence-corrected chi connectivity index (χ1v) is 4.30. The fourth-order valence-corrected chi connectivity index (χ4v) is 0.782. The zero-order valence-corrected chi connectivity index (χ0v) is 9.30. The molecule has 1 N–H and O–H groups in total. The molecule has 0 rings (SSSR count). The molecule has 0 heterocycles. The van der Waals surface area contributed by atoms with Gasteiger partial charge < -0.3 is 10.0 Å². The summed E-state index contributed by atoms with van der Waals surface area (Å²) < 4.78 is 0. The Morgan fingerprint density at radius 3 is 2.38 bits per heavy atom. The lowest BCUT2D eigenvalue weighted by molar-refractivity contribution is -0.423. The Hall–Kier alpha value is -2.18. The number of nitro groups is 1. The minimum absolute atomic E-state index is 0.408. The monoisotopic (exact) mass is 227 g/mol. The van der Waals surface area contributed by atoms with Gasteiger partial charge in [-0.15, -0.1) is 0 Å². The van der Waals surface area contributed by atoms with Crippen molar-refractivity contribution in [3.05, 3.63) is 33.8 Å². The molecule has 0 aromatic rings. The Morgan fingerprint density at radius 1 is 1.56 bits per heavy atom. The van der Waals surface area contributed by atoms with Crippen LogP contribution in [0.2, 0.25) is 0 Å². The summed E-state index contributed by atoms with van der Waals surface area (Å²) in [6.45, 7) is 4.57. The minimum atomic E-state index is -0.885. The molecule has 0 atom stereocenters. The summed E-state index contributed by atoms with van der Waals surface area (Å²) >= 11 is 0. The fraction of sp³-hybridized carbons (Fsp3) is 0.333. The second-order valence-electron chi connectivity index (χ2n) is 2.99. The van der Waals surface area contributed by atoms with Crippen LogP contribution in [0.3, 0.4) is 0 Å². The third-order valence-electron chi connectivity index (χ3n) is 1.58. The van der Waals surface area contributed by atoms with Crippen molar-refractivity contribution in [1.82, 2.24) is 4.90 Å². The molecule has 0 fully saturated rings. The average molecular weight is 227 g/mol. The molecule has 0 radical (unpaired) electrons. The van der Waals surface area contributed by atoms with Gasteiger partial charge in [0.1, 0.15) is 0 Å². The molecule has 7 heteroatoms. The maximum absolute atomic E-state index is 11.5. The molecule has 1 amide bonds. The molecule has 16 heavy (non-hydrogen) atoms. The Labute approximate surface area is 92.5 Å². The fourth-order valence-electron chi connectivity index (χ4n) is 0.782. The number of carbonyl (C=O) groups excluding carboxylic acids is 1. The summed E-state index contributed by atoms with van der Waals surface area (Å²) in [5.74, 6) is -1.47. The lowest BCUT2D eigenvalue weighted by Crippen LogP contribution is -2.24. The topological polar surface area (TPSA) is 96.0 Å². The molecule has 0 bridgehead atoms. The maximum atomic E-state index is 11.5. The van der Waals surface area contributed by atoms with Crippen LogP contribution in [0, 0.1) is 10.1 Å². The molecular formula is C9H13N3O4. The summed E-state index contributed by atoms with van der Waals surface area (Å²) in [7, 11) is 2.88. The number of aliphatic imine (C=N–C) groups is 1. The smallest absolute Gasteiger partial charge is 0.306 e. The third-order valence-corrected chi connectivity index (χ3v) is 1.58. The number of aliphatic hydroxyl groups is 1. The highest BCUT2D eigenvalue weighted by Gasteiger charge is 2.23. The molecule has 0 aliphatic heterocycles. The van der Waals surface area contributed by atoms with Gasteiger partial charge in [-0.1, -0.05) is 0 Å². The van der Waals surface area contributed by atoms with Crippen LogP contribution in [-0.2, 0) is 4.79 Å². The molecule has 0 saturated heterocycles. The number of carbonyl (C=O) groups is 1. The quantitative estimate of drug-likeness (QED) is 0.191. The summed E-state index contributed by atoms with van der Waals surface area (Å²) in [5, 5.41) is 19.9. The van der Waals surface area contributed by atoms with E-state index in [1.807, 2.05) is 0 Å². The number of amides is 1. The van der Waals surface area contributed by atoms with Crippen molar-refractivity contribution in [1.29, 1.82) is 0 Å². The van der Waals surface area contributed by atoms with Crippen molar-refractivity contribution >= 4 is 12.1 Å². The molecule has 7 nitrogen and oxygen atoms in total. The number of hydrogen-bond donors (Lipinski definition) is 1. The van der Waals surface area contributed by atoms with Gasteiger partial charge in [0.15, 0.2) is 5.70 Å². The molecule has 88 valence electrons. The first-order chi connectivity index (χ1) is 7.32. The van der Waals surface area contributed by atoms with Crippen LogP contribution in [0.25, 0.3) is 0 Å².